The van der Waals surface area contributed by atoms with Crippen LogP contribution in [0.1, 0.15) is 23.7 Å². The lowest BCUT2D eigenvalue weighted by Gasteiger charge is -2.23. The van der Waals surface area contributed by atoms with E-state index in [2.05, 4.69) is 5.32 Å². The minimum atomic E-state index is -0.302. The van der Waals surface area contributed by atoms with Crippen LogP contribution in [0.2, 0.25) is 0 Å². The Morgan fingerprint density at radius 1 is 1.56 bits per heavy atom. The minimum absolute atomic E-state index is 0.178. The summed E-state index contributed by atoms with van der Waals surface area (Å²) in [6.07, 6.45) is 0.814. The molecular formula is C13H18N2O3. The molecule has 1 aromatic carbocycles. The van der Waals surface area contributed by atoms with Gasteiger partial charge in [0, 0.05) is 18.4 Å². The number of methoxy groups -OCH3 is 1. The van der Waals surface area contributed by atoms with Crippen LogP contribution in [0.25, 0.3) is 0 Å². The van der Waals surface area contributed by atoms with Crippen molar-refractivity contribution in [3.05, 3.63) is 23.8 Å². The van der Waals surface area contributed by atoms with Gasteiger partial charge >= 0.3 is 0 Å². The molecule has 18 heavy (non-hydrogen) atoms. The van der Waals surface area contributed by atoms with Crippen molar-refractivity contribution in [2.24, 2.45) is 0 Å². The van der Waals surface area contributed by atoms with Crippen molar-refractivity contribution in [1.29, 1.82) is 0 Å². The maximum atomic E-state index is 12.1. The van der Waals surface area contributed by atoms with E-state index in [9.17, 15) is 4.79 Å². The molecular weight excluding hydrogens is 232 g/mol. The lowest BCUT2D eigenvalue weighted by Crippen LogP contribution is -2.46. The molecule has 0 aromatic heterocycles. The molecule has 1 aliphatic heterocycles. The summed E-state index contributed by atoms with van der Waals surface area (Å²) in [5, 5.41) is 2.97. The van der Waals surface area contributed by atoms with E-state index in [1.165, 1.54) is 0 Å². The Morgan fingerprint density at radius 2 is 2.33 bits per heavy atom. The molecule has 0 bridgehead atoms. The van der Waals surface area contributed by atoms with Gasteiger partial charge < -0.3 is 20.5 Å². The normalized spacial score (nSPS) is 22.8. The maximum Gasteiger partial charge on any atom is 0.253 e. The summed E-state index contributed by atoms with van der Waals surface area (Å²) in [4.78, 5) is 12.1. The van der Waals surface area contributed by atoms with Crippen LogP contribution in [0, 0.1) is 0 Å². The number of hydrogen-bond acceptors (Lipinski definition) is 4. The maximum absolute atomic E-state index is 12.1. The van der Waals surface area contributed by atoms with Gasteiger partial charge in [0.25, 0.3) is 5.91 Å². The highest BCUT2D eigenvalue weighted by atomic mass is 16.5. The van der Waals surface area contributed by atoms with Gasteiger partial charge in [0.1, 0.15) is 5.75 Å². The highest BCUT2D eigenvalue weighted by molar-refractivity contribution is 5.99. The van der Waals surface area contributed by atoms with Crippen molar-refractivity contribution in [3.63, 3.8) is 0 Å². The van der Waals surface area contributed by atoms with Gasteiger partial charge in [-0.15, -0.1) is 0 Å². The van der Waals surface area contributed by atoms with Crippen LogP contribution in [0.3, 0.4) is 0 Å². The highest BCUT2D eigenvalue weighted by Gasteiger charge is 2.31. The first kappa shape index (κ1) is 12.7. The monoisotopic (exact) mass is 250 g/mol. The second-order valence-electron chi connectivity index (χ2n) is 4.77. The van der Waals surface area contributed by atoms with Gasteiger partial charge in [0.2, 0.25) is 0 Å². The number of nitrogens with one attached hydrogen (secondary N) is 1. The topological polar surface area (TPSA) is 73.6 Å². The molecule has 2 rings (SSSR count). The van der Waals surface area contributed by atoms with Gasteiger partial charge in [0.05, 0.1) is 24.8 Å². The SMILES string of the molecule is COc1ccc(C(=O)NC2(C)CCOC2)c(N)c1. The molecule has 1 atom stereocenters. The van der Waals surface area contributed by atoms with E-state index in [0.717, 1.165) is 6.42 Å². The molecule has 0 spiro atoms. The van der Waals surface area contributed by atoms with Gasteiger partial charge in [-0.3, -0.25) is 4.79 Å². The zero-order chi connectivity index (χ0) is 13.2. The van der Waals surface area contributed by atoms with Crippen LogP contribution in [0.15, 0.2) is 18.2 Å². The first-order valence-electron chi connectivity index (χ1n) is 5.88. The number of benzene rings is 1. The average molecular weight is 250 g/mol. The fraction of sp³-hybridized carbons (Fsp3) is 0.462. The third-order valence-electron chi connectivity index (χ3n) is 3.14. The van der Waals surface area contributed by atoms with Crippen molar-refractivity contribution in [2.45, 2.75) is 18.9 Å². The smallest absolute Gasteiger partial charge is 0.253 e. The summed E-state index contributed by atoms with van der Waals surface area (Å²) in [7, 11) is 1.56. The minimum Gasteiger partial charge on any atom is -0.497 e. The highest BCUT2D eigenvalue weighted by Crippen LogP contribution is 2.22. The molecule has 0 radical (unpaired) electrons. The van der Waals surface area contributed by atoms with E-state index in [4.69, 9.17) is 15.2 Å². The zero-order valence-corrected chi connectivity index (χ0v) is 10.7. The van der Waals surface area contributed by atoms with Crippen LogP contribution in [0.4, 0.5) is 5.69 Å². The molecule has 1 amide bonds. The second-order valence-corrected chi connectivity index (χ2v) is 4.77. The molecule has 1 heterocycles. The molecule has 5 heteroatoms. The second kappa shape index (κ2) is 4.86. The zero-order valence-electron chi connectivity index (χ0n) is 10.7. The molecule has 0 saturated carbocycles. The Kier molecular flexibility index (Phi) is 3.43. The van der Waals surface area contributed by atoms with Crippen LogP contribution < -0.4 is 15.8 Å². The average Bonchev–Trinajstić information content (AvgIpc) is 2.75. The number of anilines is 1. The van der Waals surface area contributed by atoms with Gasteiger partial charge in [-0.1, -0.05) is 0 Å². The Balaban J connectivity index is 2.13. The summed E-state index contributed by atoms with van der Waals surface area (Å²) in [5.41, 5.74) is 6.41. The number of nitrogen functional groups attached to an aromatic ring is 1. The van der Waals surface area contributed by atoms with Gasteiger partial charge in [-0.25, -0.2) is 0 Å². The number of ether oxygens (including phenoxy) is 2. The molecule has 3 N–H and O–H groups in total. The number of rotatable bonds is 3. The quantitative estimate of drug-likeness (QED) is 0.790. The fourth-order valence-corrected chi connectivity index (χ4v) is 1.98. The lowest BCUT2D eigenvalue weighted by molar-refractivity contribution is 0.0891. The number of nitrogens with two attached hydrogens (primary N) is 1. The van der Waals surface area contributed by atoms with Crippen molar-refractivity contribution in [3.8, 4) is 5.75 Å². The van der Waals surface area contributed by atoms with E-state index < -0.39 is 0 Å². The van der Waals surface area contributed by atoms with Crippen molar-refractivity contribution < 1.29 is 14.3 Å². The van der Waals surface area contributed by atoms with E-state index >= 15 is 0 Å². The van der Waals surface area contributed by atoms with Crippen molar-refractivity contribution in [2.75, 3.05) is 26.1 Å². The van der Waals surface area contributed by atoms with Crippen LogP contribution >= 0.6 is 0 Å². The molecule has 1 saturated heterocycles. The molecule has 1 aromatic rings. The molecule has 1 unspecified atom stereocenters. The summed E-state index contributed by atoms with van der Waals surface area (Å²) in [6, 6.07) is 5.03. The summed E-state index contributed by atoms with van der Waals surface area (Å²) in [5.74, 6) is 0.461. The van der Waals surface area contributed by atoms with Crippen molar-refractivity contribution in [1.82, 2.24) is 5.32 Å². The molecule has 98 valence electrons. The number of hydrogen-bond donors (Lipinski definition) is 2. The Labute approximate surface area is 106 Å². The Bertz CT molecular complexity index is 454. The lowest BCUT2D eigenvalue weighted by atomic mass is 10.0. The Hall–Kier alpha value is -1.75. The predicted molar refractivity (Wildman–Crippen MR) is 68.7 cm³/mol. The standard InChI is InChI=1S/C13H18N2O3/c1-13(5-6-18-8-13)15-12(16)10-4-3-9(17-2)7-11(10)14/h3-4,7H,5-6,8,14H2,1-2H3,(H,15,16). The third-order valence-corrected chi connectivity index (χ3v) is 3.14. The van der Waals surface area contributed by atoms with Gasteiger partial charge in [0.15, 0.2) is 0 Å². The van der Waals surface area contributed by atoms with Crippen LogP contribution in [-0.2, 0) is 4.74 Å². The fourth-order valence-electron chi connectivity index (χ4n) is 1.98. The first-order valence-corrected chi connectivity index (χ1v) is 5.88. The molecule has 1 aliphatic rings. The van der Waals surface area contributed by atoms with E-state index in [1.807, 2.05) is 6.92 Å². The first-order chi connectivity index (χ1) is 8.54. The van der Waals surface area contributed by atoms with Crippen LogP contribution in [-0.4, -0.2) is 31.8 Å². The number of amides is 1. The summed E-state index contributed by atoms with van der Waals surface area (Å²) in [6.45, 7) is 3.18. The summed E-state index contributed by atoms with van der Waals surface area (Å²) >= 11 is 0. The largest absolute Gasteiger partial charge is 0.497 e. The van der Waals surface area contributed by atoms with Gasteiger partial charge in [-0.05, 0) is 25.5 Å². The third kappa shape index (κ3) is 2.56. The predicted octanol–water partition coefficient (Wildman–Crippen LogP) is 1.19. The van der Waals surface area contributed by atoms with Gasteiger partial charge in [-0.2, -0.15) is 0 Å². The van der Waals surface area contributed by atoms with E-state index in [0.29, 0.717) is 30.2 Å². The molecule has 0 aliphatic carbocycles. The molecule has 1 fully saturated rings. The Morgan fingerprint density at radius 3 is 2.89 bits per heavy atom. The molecule has 5 nitrogen and oxygen atoms in total. The number of carbonyl (C=O) groups is 1. The van der Waals surface area contributed by atoms with Crippen LogP contribution in [0.5, 0.6) is 5.75 Å². The van der Waals surface area contributed by atoms with E-state index in [-0.39, 0.29) is 11.4 Å². The number of carbonyl (C=O) groups excluding carboxylic acids is 1. The summed E-state index contributed by atoms with van der Waals surface area (Å²) < 4.78 is 10.3. The van der Waals surface area contributed by atoms with Crippen molar-refractivity contribution >= 4 is 11.6 Å². The van der Waals surface area contributed by atoms with E-state index in [1.54, 1.807) is 25.3 Å².